The van der Waals surface area contributed by atoms with Gasteiger partial charge in [0.05, 0.1) is 17.4 Å². The summed E-state index contributed by atoms with van der Waals surface area (Å²) >= 11 is 0. The number of nitrogens with zero attached hydrogens (tertiary/aromatic N) is 1. The van der Waals surface area contributed by atoms with Gasteiger partial charge in [-0.05, 0) is 18.2 Å². The standard InChI is InChI=1S/C14H10F4N2O2/c15-8-1-2-11(12(5-8)22-7-13(17)18)20-14(21)9-3-4-19-6-10(9)16/h1-6,13H,7H2,(H,20,21). The Morgan fingerprint density at radius 1 is 1.27 bits per heavy atom. The topological polar surface area (TPSA) is 51.2 Å². The van der Waals surface area contributed by atoms with E-state index in [-0.39, 0.29) is 17.0 Å². The average Bonchev–Trinajstić information content (AvgIpc) is 2.47. The molecule has 1 aromatic heterocycles. The molecule has 2 aromatic rings. The van der Waals surface area contributed by atoms with E-state index < -0.39 is 30.6 Å². The fraction of sp³-hybridized carbons (Fsp3) is 0.143. The molecule has 0 aliphatic rings. The number of hydrogen-bond donors (Lipinski definition) is 1. The van der Waals surface area contributed by atoms with Crippen molar-refractivity contribution in [2.45, 2.75) is 6.43 Å². The first-order valence-electron chi connectivity index (χ1n) is 6.08. The number of alkyl halides is 2. The van der Waals surface area contributed by atoms with Crippen LogP contribution in [-0.2, 0) is 0 Å². The van der Waals surface area contributed by atoms with Gasteiger partial charge in [-0.15, -0.1) is 0 Å². The zero-order valence-electron chi connectivity index (χ0n) is 11.0. The molecule has 0 radical (unpaired) electrons. The Morgan fingerprint density at radius 2 is 2.05 bits per heavy atom. The lowest BCUT2D eigenvalue weighted by molar-refractivity contribution is 0.0820. The number of carbonyl (C=O) groups is 1. The number of amides is 1. The van der Waals surface area contributed by atoms with E-state index in [1.807, 2.05) is 0 Å². The molecule has 0 spiro atoms. The summed E-state index contributed by atoms with van der Waals surface area (Å²) < 4.78 is 55.7. The third-order valence-electron chi connectivity index (χ3n) is 2.57. The molecule has 4 nitrogen and oxygen atoms in total. The van der Waals surface area contributed by atoms with E-state index in [4.69, 9.17) is 4.74 Å². The number of rotatable bonds is 5. The number of hydrogen-bond acceptors (Lipinski definition) is 3. The molecule has 0 aliphatic heterocycles. The third kappa shape index (κ3) is 3.94. The van der Waals surface area contributed by atoms with Crippen molar-refractivity contribution in [3.63, 3.8) is 0 Å². The quantitative estimate of drug-likeness (QED) is 0.862. The molecule has 1 heterocycles. The third-order valence-corrected chi connectivity index (χ3v) is 2.57. The van der Waals surface area contributed by atoms with Crippen LogP contribution in [0.5, 0.6) is 5.75 Å². The van der Waals surface area contributed by atoms with Crippen molar-refractivity contribution >= 4 is 11.6 Å². The van der Waals surface area contributed by atoms with Gasteiger partial charge in [-0.2, -0.15) is 0 Å². The largest absolute Gasteiger partial charge is 0.485 e. The Morgan fingerprint density at radius 3 is 2.73 bits per heavy atom. The van der Waals surface area contributed by atoms with E-state index in [1.165, 1.54) is 6.20 Å². The number of benzene rings is 1. The molecule has 2 rings (SSSR count). The summed E-state index contributed by atoms with van der Waals surface area (Å²) in [6, 6.07) is 4.13. The molecule has 0 aliphatic carbocycles. The molecule has 0 bridgehead atoms. The second kappa shape index (κ2) is 6.88. The lowest BCUT2D eigenvalue weighted by Gasteiger charge is -2.12. The lowest BCUT2D eigenvalue weighted by Crippen LogP contribution is -2.16. The number of carbonyl (C=O) groups excluding carboxylic acids is 1. The Bertz CT molecular complexity index is 680. The van der Waals surface area contributed by atoms with Gasteiger partial charge in [-0.25, -0.2) is 17.6 Å². The molecule has 0 fully saturated rings. The van der Waals surface area contributed by atoms with Gasteiger partial charge >= 0.3 is 0 Å². The van der Waals surface area contributed by atoms with Crippen LogP contribution in [-0.4, -0.2) is 23.9 Å². The van der Waals surface area contributed by atoms with Crippen molar-refractivity contribution in [1.29, 1.82) is 0 Å². The number of nitrogens with one attached hydrogen (secondary N) is 1. The smallest absolute Gasteiger partial charge is 0.272 e. The maximum absolute atomic E-state index is 13.4. The fourth-order valence-electron chi connectivity index (χ4n) is 1.62. The molecular weight excluding hydrogens is 304 g/mol. The molecule has 1 aromatic carbocycles. The van der Waals surface area contributed by atoms with Gasteiger partial charge in [-0.1, -0.05) is 0 Å². The second-order valence-electron chi connectivity index (χ2n) is 4.15. The van der Waals surface area contributed by atoms with Crippen molar-refractivity contribution < 1.29 is 27.1 Å². The van der Waals surface area contributed by atoms with Crippen molar-refractivity contribution in [2.24, 2.45) is 0 Å². The molecule has 1 N–H and O–H groups in total. The van der Waals surface area contributed by atoms with Gasteiger partial charge in [0, 0.05) is 12.3 Å². The van der Waals surface area contributed by atoms with E-state index in [1.54, 1.807) is 0 Å². The first-order chi connectivity index (χ1) is 10.5. The lowest BCUT2D eigenvalue weighted by atomic mass is 10.2. The van der Waals surface area contributed by atoms with Crippen LogP contribution in [0.1, 0.15) is 10.4 Å². The van der Waals surface area contributed by atoms with Gasteiger partial charge < -0.3 is 10.1 Å². The normalized spacial score (nSPS) is 10.6. The van der Waals surface area contributed by atoms with Crippen LogP contribution in [0.15, 0.2) is 36.7 Å². The minimum absolute atomic E-state index is 0.0525. The van der Waals surface area contributed by atoms with Crippen LogP contribution in [0.4, 0.5) is 23.2 Å². The van der Waals surface area contributed by atoms with Crippen molar-refractivity contribution in [3.8, 4) is 5.75 Å². The Kier molecular flexibility index (Phi) is 4.92. The summed E-state index contributed by atoms with van der Waals surface area (Å²) in [6.45, 7) is -0.962. The minimum Gasteiger partial charge on any atom is -0.485 e. The van der Waals surface area contributed by atoms with Crippen LogP contribution < -0.4 is 10.1 Å². The minimum atomic E-state index is -2.76. The highest BCUT2D eigenvalue weighted by Crippen LogP contribution is 2.26. The van der Waals surface area contributed by atoms with E-state index >= 15 is 0 Å². The molecule has 0 unspecified atom stereocenters. The van der Waals surface area contributed by atoms with Crippen molar-refractivity contribution in [1.82, 2.24) is 4.98 Å². The summed E-state index contributed by atoms with van der Waals surface area (Å²) in [7, 11) is 0. The zero-order valence-corrected chi connectivity index (χ0v) is 11.0. The molecule has 0 atom stereocenters. The molecule has 0 saturated carbocycles. The van der Waals surface area contributed by atoms with E-state index in [0.717, 1.165) is 30.5 Å². The van der Waals surface area contributed by atoms with Crippen LogP contribution in [0.2, 0.25) is 0 Å². The van der Waals surface area contributed by atoms with Gasteiger partial charge in [0.1, 0.15) is 18.2 Å². The van der Waals surface area contributed by atoms with Crippen LogP contribution in [0, 0.1) is 11.6 Å². The predicted octanol–water partition coefficient (Wildman–Crippen LogP) is 3.26. The van der Waals surface area contributed by atoms with Gasteiger partial charge in [-0.3, -0.25) is 9.78 Å². The average molecular weight is 314 g/mol. The van der Waals surface area contributed by atoms with E-state index in [0.29, 0.717) is 0 Å². The number of pyridine rings is 1. The van der Waals surface area contributed by atoms with Crippen LogP contribution >= 0.6 is 0 Å². The highest BCUT2D eigenvalue weighted by atomic mass is 19.3. The Labute approximate surface area is 122 Å². The summed E-state index contributed by atoms with van der Waals surface area (Å²) in [5.41, 5.74) is -0.345. The fourth-order valence-corrected chi connectivity index (χ4v) is 1.62. The SMILES string of the molecule is O=C(Nc1ccc(F)cc1OCC(F)F)c1ccncc1F. The monoisotopic (exact) mass is 314 g/mol. The molecule has 116 valence electrons. The van der Waals surface area contributed by atoms with Gasteiger partial charge in [0.15, 0.2) is 5.82 Å². The Balaban J connectivity index is 2.21. The van der Waals surface area contributed by atoms with Crippen molar-refractivity contribution in [3.05, 3.63) is 53.9 Å². The van der Waals surface area contributed by atoms with E-state index in [9.17, 15) is 22.4 Å². The highest BCUT2D eigenvalue weighted by molar-refractivity contribution is 6.05. The summed E-state index contributed by atoms with van der Waals surface area (Å²) in [5.74, 6) is -2.69. The van der Waals surface area contributed by atoms with E-state index in [2.05, 4.69) is 10.3 Å². The Hall–Kier alpha value is -2.64. The molecular formula is C14H10F4N2O2. The highest BCUT2D eigenvalue weighted by Gasteiger charge is 2.15. The molecule has 0 saturated heterocycles. The van der Waals surface area contributed by atoms with Crippen LogP contribution in [0.3, 0.4) is 0 Å². The van der Waals surface area contributed by atoms with Gasteiger partial charge in [0.2, 0.25) is 0 Å². The van der Waals surface area contributed by atoms with Crippen molar-refractivity contribution in [2.75, 3.05) is 11.9 Å². The summed E-state index contributed by atoms with van der Waals surface area (Å²) in [6.07, 6.45) is -0.686. The first-order valence-corrected chi connectivity index (χ1v) is 6.08. The van der Waals surface area contributed by atoms with Crippen LogP contribution in [0.25, 0.3) is 0 Å². The number of halogens is 4. The maximum Gasteiger partial charge on any atom is 0.272 e. The van der Waals surface area contributed by atoms with Gasteiger partial charge in [0.25, 0.3) is 12.3 Å². The summed E-state index contributed by atoms with van der Waals surface area (Å²) in [5, 5.41) is 2.28. The molecule has 22 heavy (non-hydrogen) atoms. The number of anilines is 1. The maximum atomic E-state index is 13.4. The molecule has 1 amide bonds. The number of ether oxygens (including phenoxy) is 1. The second-order valence-corrected chi connectivity index (χ2v) is 4.15. The molecule has 8 heteroatoms. The summed E-state index contributed by atoms with van der Waals surface area (Å²) in [4.78, 5) is 15.4. The number of aromatic nitrogens is 1. The first kappa shape index (κ1) is 15.7. The zero-order chi connectivity index (χ0) is 16.1. The predicted molar refractivity (Wildman–Crippen MR) is 70.0 cm³/mol.